The predicted molar refractivity (Wildman–Crippen MR) is 75.1 cm³/mol. The second kappa shape index (κ2) is 5.65. The predicted octanol–water partition coefficient (Wildman–Crippen LogP) is 3.58. The van der Waals surface area contributed by atoms with Crippen LogP contribution >= 0.6 is 0 Å². The van der Waals surface area contributed by atoms with Gasteiger partial charge in [0.25, 0.3) is 0 Å². The van der Waals surface area contributed by atoms with Gasteiger partial charge in [0.1, 0.15) is 5.82 Å². The summed E-state index contributed by atoms with van der Waals surface area (Å²) < 4.78 is 13.9. The van der Waals surface area contributed by atoms with Gasteiger partial charge in [-0.3, -0.25) is 4.79 Å². The number of halogens is 1. The van der Waals surface area contributed by atoms with E-state index in [1.807, 2.05) is 25.1 Å². The fraction of sp³-hybridized carbons (Fsp3) is 0.188. The summed E-state index contributed by atoms with van der Waals surface area (Å²) in [5, 5.41) is 0. The molecule has 0 aliphatic rings. The SMILES string of the molecule is Cc1cccc(CN(C)c2c(F)cccc2C=O)c1. The third-order valence-electron chi connectivity index (χ3n) is 3.03. The standard InChI is InChI=1S/C16H16FNO/c1-12-5-3-6-13(9-12)10-18(2)16-14(11-19)7-4-8-15(16)17/h3-9,11H,10H2,1-2H3. The van der Waals surface area contributed by atoms with Crippen LogP contribution in [0.25, 0.3) is 0 Å². The number of nitrogens with zero attached hydrogens (tertiary/aromatic N) is 1. The number of hydrogen-bond donors (Lipinski definition) is 0. The number of benzene rings is 2. The van der Waals surface area contributed by atoms with E-state index in [0.717, 1.165) is 11.1 Å². The van der Waals surface area contributed by atoms with E-state index < -0.39 is 0 Å². The lowest BCUT2D eigenvalue weighted by molar-refractivity contribution is 0.112. The van der Waals surface area contributed by atoms with E-state index in [1.54, 1.807) is 24.1 Å². The van der Waals surface area contributed by atoms with Gasteiger partial charge in [0.2, 0.25) is 0 Å². The van der Waals surface area contributed by atoms with Crippen LogP contribution in [-0.2, 0) is 6.54 Å². The molecule has 0 heterocycles. The molecule has 2 aromatic carbocycles. The number of aldehydes is 1. The first kappa shape index (κ1) is 13.3. The molecule has 0 bridgehead atoms. The molecule has 0 saturated carbocycles. The van der Waals surface area contributed by atoms with Gasteiger partial charge in [0.15, 0.2) is 6.29 Å². The van der Waals surface area contributed by atoms with Crippen LogP contribution in [0.4, 0.5) is 10.1 Å². The van der Waals surface area contributed by atoms with E-state index in [9.17, 15) is 9.18 Å². The summed E-state index contributed by atoms with van der Waals surface area (Å²) in [6, 6.07) is 12.6. The quantitative estimate of drug-likeness (QED) is 0.780. The van der Waals surface area contributed by atoms with E-state index in [4.69, 9.17) is 0 Å². The molecule has 0 saturated heterocycles. The Morgan fingerprint density at radius 1 is 1.21 bits per heavy atom. The third kappa shape index (κ3) is 2.99. The highest BCUT2D eigenvalue weighted by atomic mass is 19.1. The zero-order valence-electron chi connectivity index (χ0n) is 11.1. The van der Waals surface area contributed by atoms with Crippen molar-refractivity contribution in [2.75, 3.05) is 11.9 Å². The van der Waals surface area contributed by atoms with E-state index >= 15 is 0 Å². The number of carbonyl (C=O) groups excluding carboxylic acids is 1. The maximum Gasteiger partial charge on any atom is 0.152 e. The molecule has 3 heteroatoms. The lowest BCUT2D eigenvalue weighted by Crippen LogP contribution is -2.19. The van der Waals surface area contributed by atoms with Gasteiger partial charge in [0.05, 0.1) is 5.69 Å². The van der Waals surface area contributed by atoms with E-state index in [2.05, 4.69) is 6.07 Å². The summed E-state index contributed by atoms with van der Waals surface area (Å²) in [5.41, 5.74) is 2.96. The van der Waals surface area contributed by atoms with Crippen LogP contribution in [0.1, 0.15) is 21.5 Å². The van der Waals surface area contributed by atoms with Crippen LogP contribution in [0, 0.1) is 12.7 Å². The Morgan fingerprint density at radius 2 is 1.95 bits per heavy atom. The highest BCUT2D eigenvalue weighted by molar-refractivity contribution is 5.84. The van der Waals surface area contributed by atoms with Crippen molar-refractivity contribution in [1.82, 2.24) is 0 Å². The lowest BCUT2D eigenvalue weighted by Gasteiger charge is -2.21. The van der Waals surface area contributed by atoms with Crippen molar-refractivity contribution in [2.24, 2.45) is 0 Å². The number of anilines is 1. The van der Waals surface area contributed by atoms with Gasteiger partial charge in [-0.15, -0.1) is 0 Å². The molecule has 0 radical (unpaired) electrons. The second-order valence-corrected chi connectivity index (χ2v) is 4.64. The molecule has 0 aliphatic carbocycles. The normalized spacial score (nSPS) is 10.3. The van der Waals surface area contributed by atoms with Crippen molar-refractivity contribution in [1.29, 1.82) is 0 Å². The van der Waals surface area contributed by atoms with Crippen molar-refractivity contribution >= 4 is 12.0 Å². The Morgan fingerprint density at radius 3 is 2.63 bits per heavy atom. The van der Waals surface area contributed by atoms with Gasteiger partial charge in [-0.1, -0.05) is 35.9 Å². The van der Waals surface area contributed by atoms with Crippen LogP contribution < -0.4 is 4.90 Å². The molecule has 0 aromatic heterocycles. The number of para-hydroxylation sites is 1. The Labute approximate surface area is 112 Å². The van der Waals surface area contributed by atoms with E-state index in [1.165, 1.54) is 6.07 Å². The van der Waals surface area contributed by atoms with E-state index in [0.29, 0.717) is 24.1 Å². The minimum absolute atomic E-state index is 0.346. The van der Waals surface area contributed by atoms with Gasteiger partial charge in [-0.25, -0.2) is 4.39 Å². The second-order valence-electron chi connectivity index (χ2n) is 4.64. The molecule has 2 rings (SSSR count). The molecule has 0 fully saturated rings. The topological polar surface area (TPSA) is 20.3 Å². The molecule has 2 nitrogen and oxygen atoms in total. The molecular formula is C16H16FNO. The molecular weight excluding hydrogens is 241 g/mol. The minimum atomic E-state index is -0.375. The van der Waals surface area contributed by atoms with Crippen LogP contribution in [0.15, 0.2) is 42.5 Å². The van der Waals surface area contributed by atoms with Crippen LogP contribution in [0.2, 0.25) is 0 Å². The largest absolute Gasteiger partial charge is 0.367 e. The highest BCUT2D eigenvalue weighted by Gasteiger charge is 2.12. The van der Waals surface area contributed by atoms with Gasteiger partial charge in [-0.2, -0.15) is 0 Å². The third-order valence-corrected chi connectivity index (χ3v) is 3.03. The van der Waals surface area contributed by atoms with Crippen molar-refractivity contribution < 1.29 is 9.18 Å². The average molecular weight is 257 g/mol. The monoisotopic (exact) mass is 257 g/mol. The summed E-state index contributed by atoms with van der Waals surface area (Å²) in [6.07, 6.45) is 0.686. The Balaban J connectivity index is 2.30. The van der Waals surface area contributed by atoms with Crippen LogP contribution in [-0.4, -0.2) is 13.3 Å². The average Bonchev–Trinajstić information content (AvgIpc) is 2.38. The highest BCUT2D eigenvalue weighted by Crippen LogP contribution is 2.23. The zero-order valence-corrected chi connectivity index (χ0v) is 11.1. The Kier molecular flexibility index (Phi) is 3.95. The summed E-state index contributed by atoms with van der Waals surface area (Å²) in [5.74, 6) is -0.375. The van der Waals surface area contributed by atoms with Crippen molar-refractivity contribution in [2.45, 2.75) is 13.5 Å². The summed E-state index contributed by atoms with van der Waals surface area (Å²) in [6.45, 7) is 2.58. The molecule has 2 aromatic rings. The summed E-state index contributed by atoms with van der Waals surface area (Å²) in [7, 11) is 1.79. The van der Waals surface area contributed by atoms with Gasteiger partial charge in [0, 0.05) is 19.2 Å². The van der Waals surface area contributed by atoms with Crippen LogP contribution in [0.5, 0.6) is 0 Å². The van der Waals surface area contributed by atoms with Crippen molar-refractivity contribution in [3.05, 3.63) is 65.0 Å². The van der Waals surface area contributed by atoms with Gasteiger partial charge >= 0.3 is 0 Å². The first-order chi connectivity index (χ1) is 9.11. The fourth-order valence-corrected chi connectivity index (χ4v) is 2.19. The minimum Gasteiger partial charge on any atom is -0.367 e. The molecule has 0 spiro atoms. The first-order valence-corrected chi connectivity index (χ1v) is 6.12. The molecule has 0 atom stereocenters. The maximum absolute atomic E-state index is 13.9. The summed E-state index contributed by atoms with van der Waals surface area (Å²) >= 11 is 0. The first-order valence-electron chi connectivity index (χ1n) is 6.12. The zero-order chi connectivity index (χ0) is 13.8. The molecule has 0 aliphatic heterocycles. The number of rotatable bonds is 4. The molecule has 0 N–H and O–H groups in total. The number of hydrogen-bond acceptors (Lipinski definition) is 2. The lowest BCUT2D eigenvalue weighted by atomic mass is 10.1. The molecule has 0 amide bonds. The Bertz CT molecular complexity index is 595. The van der Waals surface area contributed by atoms with Crippen LogP contribution in [0.3, 0.4) is 0 Å². The number of aryl methyl sites for hydroxylation is 1. The van der Waals surface area contributed by atoms with E-state index in [-0.39, 0.29) is 5.82 Å². The molecule has 98 valence electrons. The number of carbonyl (C=O) groups is 1. The fourth-order valence-electron chi connectivity index (χ4n) is 2.19. The van der Waals surface area contributed by atoms with Crippen molar-refractivity contribution in [3.8, 4) is 0 Å². The van der Waals surface area contributed by atoms with Gasteiger partial charge in [-0.05, 0) is 24.6 Å². The van der Waals surface area contributed by atoms with Gasteiger partial charge < -0.3 is 4.90 Å². The summed E-state index contributed by atoms with van der Waals surface area (Å²) in [4.78, 5) is 12.8. The maximum atomic E-state index is 13.9. The molecule has 0 unspecified atom stereocenters. The smallest absolute Gasteiger partial charge is 0.152 e. The Hall–Kier alpha value is -2.16. The molecule has 19 heavy (non-hydrogen) atoms. The van der Waals surface area contributed by atoms with Crippen molar-refractivity contribution in [3.63, 3.8) is 0 Å².